The fourth-order valence-corrected chi connectivity index (χ4v) is 7.64. The lowest BCUT2D eigenvalue weighted by Crippen LogP contribution is -2.26. The number of rotatable bonds is 3. The van der Waals surface area contributed by atoms with Gasteiger partial charge in [0.15, 0.2) is 0 Å². The summed E-state index contributed by atoms with van der Waals surface area (Å²) in [4.78, 5) is 17.1. The molecule has 0 saturated heterocycles. The number of ether oxygens (including phenoxy) is 2. The molecule has 0 radical (unpaired) electrons. The number of hydrogen-bond donors (Lipinski definition) is 3. The van der Waals surface area contributed by atoms with Crippen LogP contribution in [0.15, 0.2) is 77.4 Å². The molecule has 0 saturated carbocycles. The maximum atomic E-state index is 5.93. The van der Waals surface area contributed by atoms with Crippen molar-refractivity contribution >= 4 is 11.3 Å². The number of methoxy groups -OCH3 is 2. The first kappa shape index (κ1) is 31.8. The zero-order chi connectivity index (χ0) is 33.2. The highest BCUT2D eigenvalue weighted by Crippen LogP contribution is 2.47. The van der Waals surface area contributed by atoms with Gasteiger partial charge in [-0.05, 0) is 83.0 Å². The van der Waals surface area contributed by atoms with Crippen molar-refractivity contribution in [2.24, 2.45) is 21.2 Å². The summed E-state index contributed by atoms with van der Waals surface area (Å²) in [6.07, 6.45) is 4.34. The first-order chi connectivity index (χ1) is 21.6. The molecule has 0 fully saturated rings. The highest BCUT2D eigenvalue weighted by atomic mass is 16.5. The van der Waals surface area contributed by atoms with Gasteiger partial charge in [-0.25, -0.2) is 0 Å². The molecule has 3 atom stereocenters. The molecule has 1 aromatic carbocycles. The molecule has 242 valence electrons. The maximum absolute atomic E-state index is 5.93. The molecule has 2 aliphatic heterocycles. The van der Waals surface area contributed by atoms with E-state index in [0.29, 0.717) is 0 Å². The van der Waals surface area contributed by atoms with Crippen molar-refractivity contribution in [1.29, 1.82) is 0 Å². The van der Waals surface area contributed by atoms with Crippen LogP contribution in [0.2, 0.25) is 0 Å². The van der Waals surface area contributed by atoms with E-state index in [9.17, 15) is 0 Å². The molecule has 6 rings (SSSR count). The van der Waals surface area contributed by atoms with E-state index in [0.717, 1.165) is 45.4 Å². The summed E-state index contributed by atoms with van der Waals surface area (Å²) >= 11 is 0. The quantitative estimate of drug-likeness (QED) is 0.214. The lowest BCUT2D eigenvalue weighted by molar-refractivity contribution is 0.339. The lowest BCUT2D eigenvalue weighted by Gasteiger charge is -2.32. The average molecular weight is 619 g/mol. The molecule has 0 spiro atoms. The van der Waals surface area contributed by atoms with Crippen LogP contribution < -0.4 is 9.47 Å². The Hall–Kier alpha value is -4.19. The Morgan fingerprint density at radius 2 is 1.07 bits per heavy atom. The third-order valence-corrected chi connectivity index (χ3v) is 9.48. The summed E-state index contributed by atoms with van der Waals surface area (Å²) in [6, 6.07) is 19.5. The van der Waals surface area contributed by atoms with E-state index in [1.807, 2.05) is 18.2 Å². The van der Waals surface area contributed by atoms with Gasteiger partial charge in [0, 0.05) is 63.1 Å². The highest BCUT2D eigenvalue weighted by molar-refractivity contribution is 6.05. The van der Waals surface area contributed by atoms with Crippen LogP contribution in [0.1, 0.15) is 120 Å². The number of hydrogen-bond acceptors (Lipinski definition) is 3. The number of aromatic nitrogens is 3. The van der Waals surface area contributed by atoms with Crippen LogP contribution in [0.4, 0.5) is 0 Å². The normalized spacial score (nSPS) is 21.8. The molecule has 3 N–H and O–H groups in total. The minimum Gasteiger partial charge on any atom is -0.497 e. The zero-order valence-corrected chi connectivity index (χ0v) is 29.3. The second-order valence-corrected chi connectivity index (χ2v) is 16.2. The van der Waals surface area contributed by atoms with E-state index in [1.54, 1.807) is 14.2 Å². The van der Waals surface area contributed by atoms with Crippen molar-refractivity contribution in [3.63, 3.8) is 0 Å². The van der Waals surface area contributed by atoms with Crippen molar-refractivity contribution in [3.8, 4) is 11.5 Å². The molecular formula is C40H50N4O2. The number of allylic oxidation sites excluding steroid dienone is 2. The summed E-state index contributed by atoms with van der Waals surface area (Å²) in [7, 11) is 3.41. The first-order valence-corrected chi connectivity index (χ1v) is 16.4. The minimum absolute atomic E-state index is 0.0187. The number of aromatic amines is 3. The smallest absolute Gasteiger partial charge is 0.127 e. The Kier molecular flexibility index (Phi) is 7.77. The monoisotopic (exact) mass is 618 g/mol. The molecule has 46 heavy (non-hydrogen) atoms. The number of nitrogens with one attached hydrogen (secondary N) is 3. The van der Waals surface area contributed by atoms with Crippen molar-refractivity contribution in [1.82, 2.24) is 15.0 Å². The van der Waals surface area contributed by atoms with Crippen molar-refractivity contribution < 1.29 is 9.47 Å². The van der Waals surface area contributed by atoms with Gasteiger partial charge in [-0.1, -0.05) is 62.3 Å². The highest BCUT2D eigenvalue weighted by Gasteiger charge is 2.37. The van der Waals surface area contributed by atoms with Crippen LogP contribution >= 0.6 is 0 Å². The average Bonchev–Trinajstić information content (AvgIpc) is 3.77. The van der Waals surface area contributed by atoms with E-state index in [2.05, 4.69) is 126 Å². The Morgan fingerprint density at radius 3 is 1.57 bits per heavy atom. The van der Waals surface area contributed by atoms with Crippen molar-refractivity contribution in [2.75, 3.05) is 14.2 Å². The molecule has 0 aliphatic carbocycles. The molecule has 0 amide bonds. The molecule has 2 aliphatic rings. The van der Waals surface area contributed by atoms with Gasteiger partial charge >= 0.3 is 0 Å². The molecule has 5 heterocycles. The van der Waals surface area contributed by atoms with Crippen LogP contribution in [0.3, 0.4) is 0 Å². The largest absolute Gasteiger partial charge is 0.497 e. The predicted molar refractivity (Wildman–Crippen MR) is 189 cm³/mol. The molecule has 6 heteroatoms. The SMILES string of the molecule is COc1ccc(OC)c(/C2=C3\C=CC(=N3)C(C(C)(C)C)c3ccc([nH]3)C(C(C)(C)C)c3ccc([nH]3)C(C(C)(C)C)c3ccc2[nH]3)c1. The Bertz CT molecular complexity index is 1840. The van der Waals surface area contributed by atoms with E-state index in [-0.39, 0.29) is 34.0 Å². The van der Waals surface area contributed by atoms with Gasteiger partial charge in [0.1, 0.15) is 11.5 Å². The van der Waals surface area contributed by atoms with Crippen LogP contribution in [-0.2, 0) is 0 Å². The number of nitrogens with zero attached hydrogens (tertiary/aromatic N) is 1. The van der Waals surface area contributed by atoms with Gasteiger partial charge in [0.25, 0.3) is 0 Å². The van der Waals surface area contributed by atoms with Crippen LogP contribution in [-0.4, -0.2) is 34.9 Å². The summed E-state index contributed by atoms with van der Waals surface area (Å²) < 4.78 is 11.6. The Balaban J connectivity index is 1.68. The molecule has 3 aromatic heterocycles. The zero-order valence-electron chi connectivity index (χ0n) is 29.3. The molecular weight excluding hydrogens is 568 g/mol. The first-order valence-electron chi connectivity index (χ1n) is 16.4. The molecule has 6 nitrogen and oxygen atoms in total. The fourth-order valence-electron chi connectivity index (χ4n) is 7.64. The van der Waals surface area contributed by atoms with Crippen molar-refractivity contribution in [2.45, 2.75) is 80.1 Å². The van der Waals surface area contributed by atoms with Gasteiger partial charge in [-0.2, -0.15) is 0 Å². The fraction of sp³-hybridized carbons (Fsp3) is 0.425. The lowest BCUT2D eigenvalue weighted by atomic mass is 9.76. The second-order valence-electron chi connectivity index (χ2n) is 16.2. The van der Waals surface area contributed by atoms with Gasteiger partial charge < -0.3 is 24.4 Å². The third-order valence-electron chi connectivity index (χ3n) is 9.48. The Labute approximate surface area is 274 Å². The van der Waals surface area contributed by atoms with Gasteiger partial charge in [0.2, 0.25) is 0 Å². The van der Waals surface area contributed by atoms with E-state index >= 15 is 0 Å². The topological polar surface area (TPSA) is 78.2 Å². The maximum Gasteiger partial charge on any atom is 0.127 e. The summed E-state index contributed by atoms with van der Waals surface area (Å²) in [6.45, 7) is 20.8. The molecule has 8 bridgehead atoms. The standard InChI is InChI=1S/C40H50N4O2/c1-38(2,3)35-27-15-13-25(41-27)34(24-22-23(45-10)12-21-33(24)46-11)26-14-16-28(42-26)36(39(4,5)6)30-18-20-32(44-30)37(40(7,8)9)31-19-17-29(35)43-31/h12-22,35-37,41,43-44H,1-11H3/b34-26-. The predicted octanol–water partition coefficient (Wildman–Crippen LogP) is 9.96. The Morgan fingerprint density at radius 1 is 0.565 bits per heavy atom. The van der Waals surface area contributed by atoms with Gasteiger partial charge in [-0.3, -0.25) is 4.99 Å². The second kappa shape index (κ2) is 11.3. The summed E-state index contributed by atoms with van der Waals surface area (Å²) in [5.74, 6) is 1.85. The van der Waals surface area contributed by atoms with E-state index in [1.165, 1.54) is 22.8 Å². The number of aliphatic imine (C=N–C) groups is 1. The minimum atomic E-state index is -0.0869. The van der Waals surface area contributed by atoms with Crippen molar-refractivity contribution in [3.05, 3.63) is 112 Å². The van der Waals surface area contributed by atoms with Gasteiger partial charge in [-0.15, -0.1) is 0 Å². The van der Waals surface area contributed by atoms with Crippen LogP contribution in [0.5, 0.6) is 11.5 Å². The number of benzene rings is 1. The van der Waals surface area contributed by atoms with Crippen LogP contribution in [0, 0.1) is 16.2 Å². The number of fused-ring (bicyclic) bond motifs is 7. The summed E-state index contributed by atoms with van der Waals surface area (Å²) in [5, 5.41) is 0. The summed E-state index contributed by atoms with van der Waals surface area (Å²) in [5.41, 5.74) is 10.6. The van der Waals surface area contributed by atoms with E-state index in [4.69, 9.17) is 14.5 Å². The molecule has 3 unspecified atom stereocenters. The number of H-pyrrole nitrogens is 3. The van der Waals surface area contributed by atoms with Crippen LogP contribution in [0.25, 0.3) is 5.57 Å². The van der Waals surface area contributed by atoms with E-state index < -0.39 is 0 Å². The third kappa shape index (κ3) is 5.67. The van der Waals surface area contributed by atoms with Gasteiger partial charge in [0.05, 0.1) is 25.6 Å². The molecule has 4 aromatic rings.